The number of amides is 2. The van der Waals surface area contributed by atoms with Crippen LogP contribution in [0.1, 0.15) is 18.1 Å². The number of rotatable bonds is 8. The zero-order valence-electron chi connectivity index (χ0n) is 15.1. The van der Waals surface area contributed by atoms with Gasteiger partial charge in [-0.15, -0.1) is 0 Å². The first-order valence-electron chi connectivity index (χ1n) is 8.56. The highest BCUT2D eigenvalue weighted by atomic mass is 19.1. The van der Waals surface area contributed by atoms with Gasteiger partial charge in [-0.25, -0.2) is 13.6 Å². The van der Waals surface area contributed by atoms with Crippen LogP contribution in [0.5, 0.6) is 0 Å². The molecule has 2 rings (SSSR count). The first kappa shape index (κ1) is 21.0. The van der Waals surface area contributed by atoms with Crippen LogP contribution < -0.4 is 10.6 Å². The SMILES string of the molecule is CC(C(=O)NCc1cc(F)cc(F)c1)C(=O)N[C@@H](Cc1ccccc1)C(=O)O. The van der Waals surface area contributed by atoms with E-state index in [0.717, 1.165) is 17.7 Å². The fourth-order valence-corrected chi connectivity index (χ4v) is 2.52. The summed E-state index contributed by atoms with van der Waals surface area (Å²) in [7, 11) is 0. The van der Waals surface area contributed by atoms with Crippen LogP contribution in [-0.2, 0) is 27.3 Å². The van der Waals surface area contributed by atoms with Gasteiger partial charge in [-0.05, 0) is 30.2 Å². The van der Waals surface area contributed by atoms with E-state index in [1.807, 2.05) is 0 Å². The van der Waals surface area contributed by atoms with Gasteiger partial charge in [-0.1, -0.05) is 30.3 Å². The quantitative estimate of drug-likeness (QED) is 0.601. The molecule has 0 radical (unpaired) electrons. The number of hydrogen-bond donors (Lipinski definition) is 3. The lowest BCUT2D eigenvalue weighted by molar-refractivity contribution is -0.144. The molecule has 0 saturated heterocycles. The van der Waals surface area contributed by atoms with Crippen molar-refractivity contribution in [1.29, 1.82) is 0 Å². The maximum Gasteiger partial charge on any atom is 0.326 e. The summed E-state index contributed by atoms with van der Waals surface area (Å²) in [5.74, 6) is -5.41. The second-order valence-corrected chi connectivity index (χ2v) is 6.31. The van der Waals surface area contributed by atoms with E-state index in [9.17, 15) is 28.3 Å². The number of halogens is 2. The molecule has 28 heavy (non-hydrogen) atoms. The fraction of sp³-hybridized carbons (Fsp3) is 0.250. The Morgan fingerprint density at radius 2 is 1.57 bits per heavy atom. The summed E-state index contributed by atoms with van der Waals surface area (Å²) < 4.78 is 26.3. The summed E-state index contributed by atoms with van der Waals surface area (Å²) in [6, 6.07) is 10.4. The highest BCUT2D eigenvalue weighted by Crippen LogP contribution is 2.09. The van der Waals surface area contributed by atoms with E-state index < -0.39 is 41.4 Å². The summed E-state index contributed by atoms with van der Waals surface area (Å²) in [5.41, 5.74) is 0.923. The number of carboxylic acid groups (broad SMARTS) is 1. The average molecular weight is 390 g/mol. The molecule has 0 aliphatic carbocycles. The molecule has 0 bridgehead atoms. The molecule has 2 aromatic carbocycles. The molecule has 0 aromatic heterocycles. The molecule has 0 saturated carbocycles. The minimum absolute atomic E-state index is 0.0683. The number of carboxylic acids is 1. The van der Waals surface area contributed by atoms with Gasteiger partial charge in [0.15, 0.2) is 0 Å². The van der Waals surface area contributed by atoms with E-state index in [2.05, 4.69) is 10.6 Å². The Morgan fingerprint density at radius 1 is 0.964 bits per heavy atom. The fourth-order valence-electron chi connectivity index (χ4n) is 2.52. The van der Waals surface area contributed by atoms with E-state index in [0.29, 0.717) is 6.07 Å². The molecule has 2 atom stereocenters. The third kappa shape index (κ3) is 6.15. The molecule has 0 aliphatic rings. The summed E-state index contributed by atoms with van der Waals surface area (Å²) in [6.45, 7) is 1.15. The van der Waals surface area contributed by atoms with Gasteiger partial charge in [0.05, 0.1) is 0 Å². The normalized spacial score (nSPS) is 12.7. The van der Waals surface area contributed by atoms with Crippen molar-refractivity contribution >= 4 is 17.8 Å². The van der Waals surface area contributed by atoms with E-state index in [1.54, 1.807) is 30.3 Å². The minimum Gasteiger partial charge on any atom is -0.480 e. The highest BCUT2D eigenvalue weighted by molar-refractivity contribution is 6.01. The number of benzene rings is 2. The summed E-state index contributed by atoms with van der Waals surface area (Å²) in [6.07, 6.45) is 0.0683. The second-order valence-electron chi connectivity index (χ2n) is 6.31. The van der Waals surface area contributed by atoms with Crippen molar-refractivity contribution in [3.8, 4) is 0 Å². The summed E-state index contributed by atoms with van der Waals surface area (Å²) in [4.78, 5) is 35.8. The molecular formula is C20H20F2N2O4. The predicted molar refractivity (Wildman–Crippen MR) is 97.1 cm³/mol. The van der Waals surface area contributed by atoms with Crippen LogP contribution >= 0.6 is 0 Å². The van der Waals surface area contributed by atoms with Gasteiger partial charge >= 0.3 is 5.97 Å². The van der Waals surface area contributed by atoms with Crippen molar-refractivity contribution in [1.82, 2.24) is 10.6 Å². The maximum atomic E-state index is 13.2. The van der Waals surface area contributed by atoms with Crippen LogP contribution in [0.2, 0.25) is 0 Å². The Kier molecular flexibility index (Phi) is 7.20. The third-order valence-corrected chi connectivity index (χ3v) is 4.07. The lowest BCUT2D eigenvalue weighted by atomic mass is 10.0. The van der Waals surface area contributed by atoms with Crippen LogP contribution in [0, 0.1) is 17.6 Å². The van der Waals surface area contributed by atoms with Crippen molar-refractivity contribution in [3.63, 3.8) is 0 Å². The molecule has 8 heteroatoms. The summed E-state index contributed by atoms with van der Waals surface area (Å²) >= 11 is 0. The van der Waals surface area contributed by atoms with E-state index in [-0.39, 0.29) is 18.5 Å². The van der Waals surface area contributed by atoms with Crippen LogP contribution in [0.3, 0.4) is 0 Å². The molecule has 0 fully saturated rings. The maximum absolute atomic E-state index is 13.2. The topological polar surface area (TPSA) is 95.5 Å². The molecule has 2 aromatic rings. The van der Waals surface area contributed by atoms with Crippen molar-refractivity contribution in [2.75, 3.05) is 0 Å². The number of nitrogens with one attached hydrogen (secondary N) is 2. The number of hydrogen-bond acceptors (Lipinski definition) is 3. The van der Waals surface area contributed by atoms with Crippen LogP contribution in [0.25, 0.3) is 0 Å². The monoisotopic (exact) mass is 390 g/mol. The molecule has 1 unspecified atom stereocenters. The molecule has 2 amide bonds. The Labute approximate surface area is 160 Å². The van der Waals surface area contributed by atoms with Crippen LogP contribution in [0.4, 0.5) is 8.78 Å². The van der Waals surface area contributed by atoms with E-state index >= 15 is 0 Å². The lowest BCUT2D eigenvalue weighted by Gasteiger charge is -2.18. The van der Waals surface area contributed by atoms with Gasteiger partial charge in [0.1, 0.15) is 23.6 Å². The van der Waals surface area contributed by atoms with Crippen molar-refractivity contribution in [3.05, 3.63) is 71.3 Å². The summed E-state index contributed by atoms with van der Waals surface area (Å²) in [5, 5.41) is 14.1. The van der Waals surface area contributed by atoms with E-state index in [1.165, 1.54) is 6.92 Å². The first-order valence-corrected chi connectivity index (χ1v) is 8.56. The molecule has 3 N–H and O–H groups in total. The zero-order chi connectivity index (χ0) is 20.7. The Balaban J connectivity index is 1.93. The second kappa shape index (κ2) is 9.59. The van der Waals surface area contributed by atoms with Crippen LogP contribution in [0.15, 0.2) is 48.5 Å². The number of aliphatic carboxylic acids is 1. The Hall–Kier alpha value is -3.29. The van der Waals surface area contributed by atoms with Crippen molar-refractivity contribution in [2.24, 2.45) is 5.92 Å². The molecule has 0 heterocycles. The predicted octanol–water partition coefficient (Wildman–Crippen LogP) is 2.03. The standard InChI is InChI=1S/C20H20F2N2O4/c1-12(18(25)23-11-14-7-15(21)10-16(22)8-14)19(26)24-17(20(27)28)9-13-5-3-2-4-6-13/h2-8,10,12,17H,9,11H2,1H3,(H,23,25)(H,24,26)(H,27,28)/t12?,17-/m0/s1. The molecular weight excluding hydrogens is 370 g/mol. The van der Waals surface area contributed by atoms with Gasteiger partial charge in [-0.2, -0.15) is 0 Å². The lowest BCUT2D eigenvalue weighted by Crippen LogP contribution is -2.47. The highest BCUT2D eigenvalue weighted by Gasteiger charge is 2.27. The third-order valence-electron chi connectivity index (χ3n) is 4.07. The molecule has 0 spiro atoms. The minimum atomic E-state index is -1.22. The van der Waals surface area contributed by atoms with Crippen molar-refractivity contribution in [2.45, 2.75) is 25.9 Å². The van der Waals surface area contributed by atoms with Crippen LogP contribution in [-0.4, -0.2) is 28.9 Å². The van der Waals surface area contributed by atoms with Gasteiger partial charge in [0.2, 0.25) is 11.8 Å². The zero-order valence-corrected chi connectivity index (χ0v) is 15.1. The Morgan fingerprint density at radius 3 is 2.14 bits per heavy atom. The molecule has 6 nitrogen and oxygen atoms in total. The van der Waals surface area contributed by atoms with Gasteiger partial charge in [0.25, 0.3) is 0 Å². The number of carbonyl (C=O) groups excluding carboxylic acids is 2. The van der Waals surface area contributed by atoms with E-state index in [4.69, 9.17) is 0 Å². The van der Waals surface area contributed by atoms with Gasteiger partial charge in [0, 0.05) is 19.0 Å². The van der Waals surface area contributed by atoms with Gasteiger partial charge in [-0.3, -0.25) is 9.59 Å². The average Bonchev–Trinajstić information content (AvgIpc) is 2.64. The number of carbonyl (C=O) groups is 3. The molecule has 0 aliphatic heterocycles. The Bertz CT molecular complexity index is 838. The molecule has 148 valence electrons. The van der Waals surface area contributed by atoms with Crippen molar-refractivity contribution < 1.29 is 28.3 Å². The smallest absolute Gasteiger partial charge is 0.326 e. The largest absolute Gasteiger partial charge is 0.480 e. The van der Waals surface area contributed by atoms with Gasteiger partial charge < -0.3 is 15.7 Å². The first-order chi connectivity index (χ1) is 13.3.